The number of fused-ring (bicyclic) bond motifs is 4. The Kier molecular flexibility index (Phi) is 3.41. The highest BCUT2D eigenvalue weighted by Gasteiger charge is 2.49. The van der Waals surface area contributed by atoms with Gasteiger partial charge in [-0.25, -0.2) is 0 Å². The highest BCUT2D eigenvalue weighted by Crippen LogP contribution is 2.50. The van der Waals surface area contributed by atoms with E-state index in [0.29, 0.717) is 12.1 Å². The van der Waals surface area contributed by atoms with Crippen LogP contribution < -0.4 is 0 Å². The SMILES string of the molecule is CN1[C@@H]2CC[C@H]1CC(C1(O)c3ccccc3C=Cc3ccccc31)C2. The molecule has 2 heterocycles. The van der Waals surface area contributed by atoms with Crippen LogP contribution >= 0.6 is 0 Å². The lowest BCUT2D eigenvalue weighted by Gasteiger charge is -2.45. The second kappa shape index (κ2) is 5.55. The highest BCUT2D eigenvalue weighted by molar-refractivity contribution is 5.77. The van der Waals surface area contributed by atoms with Gasteiger partial charge in [-0.2, -0.15) is 0 Å². The lowest BCUT2D eigenvalue weighted by Crippen LogP contribution is -2.48. The van der Waals surface area contributed by atoms with E-state index >= 15 is 0 Å². The van der Waals surface area contributed by atoms with E-state index in [-0.39, 0.29) is 5.92 Å². The van der Waals surface area contributed by atoms with E-state index in [2.05, 4.69) is 72.6 Å². The van der Waals surface area contributed by atoms with Crippen LogP contribution in [0.4, 0.5) is 0 Å². The van der Waals surface area contributed by atoms with Crippen LogP contribution in [0.25, 0.3) is 12.2 Å². The van der Waals surface area contributed by atoms with Gasteiger partial charge in [0.05, 0.1) is 0 Å². The van der Waals surface area contributed by atoms with Gasteiger partial charge in [0, 0.05) is 12.1 Å². The van der Waals surface area contributed by atoms with Gasteiger partial charge in [-0.05, 0) is 60.9 Å². The summed E-state index contributed by atoms with van der Waals surface area (Å²) in [6, 6.07) is 18.0. The van der Waals surface area contributed by atoms with Crippen molar-refractivity contribution in [3.63, 3.8) is 0 Å². The number of nitrogens with zero attached hydrogens (tertiary/aromatic N) is 1. The maximum atomic E-state index is 12.3. The zero-order chi connectivity index (χ0) is 17.0. The molecule has 2 saturated heterocycles. The lowest BCUT2D eigenvalue weighted by molar-refractivity contribution is -0.0288. The summed E-state index contributed by atoms with van der Waals surface area (Å²) in [5, 5.41) is 12.3. The molecule has 0 spiro atoms. The fraction of sp³-hybridized carbons (Fsp3) is 0.391. The van der Waals surface area contributed by atoms with Crippen LogP contribution in [0.15, 0.2) is 48.5 Å². The molecule has 2 nitrogen and oxygen atoms in total. The number of rotatable bonds is 1. The molecule has 25 heavy (non-hydrogen) atoms. The van der Waals surface area contributed by atoms with Crippen molar-refractivity contribution in [2.75, 3.05) is 7.05 Å². The predicted molar refractivity (Wildman–Crippen MR) is 102 cm³/mol. The van der Waals surface area contributed by atoms with Crippen molar-refractivity contribution in [3.8, 4) is 0 Å². The zero-order valence-electron chi connectivity index (χ0n) is 14.7. The van der Waals surface area contributed by atoms with Crippen LogP contribution in [0, 0.1) is 5.92 Å². The number of hydrogen-bond acceptors (Lipinski definition) is 2. The second-order valence-electron chi connectivity index (χ2n) is 7.99. The van der Waals surface area contributed by atoms with Crippen LogP contribution in [0.3, 0.4) is 0 Å². The van der Waals surface area contributed by atoms with E-state index in [0.717, 1.165) is 35.1 Å². The summed E-state index contributed by atoms with van der Waals surface area (Å²) in [6.45, 7) is 0. The summed E-state index contributed by atoms with van der Waals surface area (Å²) in [6.07, 6.45) is 9.02. The van der Waals surface area contributed by atoms with Crippen molar-refractivity contribution in [2.45, 2.75) is 43.4 Å². The molecule has 0 aromatic heterocycles. The Hall–Kier alpha value is -1.90. The van der Waals surface area contributed by atoms with Gasteiger partial charge in [-0.15, -0.1) is 0 Å². The number of aliphatic hydroxyl groups is 1. The molecule has 0 saturated carbocycles. The van der Waals surface area contributed by atoms with Gasteiger partial charge in [0.1, 0.15) is 5.60 Å². The number of benzene rings is 2. The van der Waals surface area contributed by atoms with Gasteiger partial charge in [0.2, 0.25) is 0 Å². The Morgan fingerprint density at radius 3 is 1.84 bits per heavy atom. The third-order valence-corrected chi connectivity index (χ3v) is 6.87. The minimum atomic E-state index is -0.904. The van der Waals surface area contributed by atoms with Crippen LogP contribution in [0.5, 0.6) is 0 Å². The molecule has 2 heteroatoms. The second-order valence-corrected chi connectivity index (χ2v) is 7.99. The zero-order valence-corrected chi connectivity index (χ0v) is 14.7. The molecule has 2 aliphatic heterocycles. The molecule has 1 unspecified atom stereocenters. The minimum Gasteiger partial charge on any atom is -0.380 e. The van der Waals surface area contributed by atoms with E-state index in [9.17, 15) is 5.11 Å². The fourth-order valence-corrected chi connectivity index (χ4v) is 5.50. The Morgan fingerprint density at radius 1 is 0.840 bits per heavy atom. The Labute approximate surface area is 149 Å². The molecule has 2 aromatic rings. The average molecular weight is 331 g/mol. The highest BCUT2D eigenvalue weighted by atomic mass is 16.3. The molecule has 5 rings (SSSR count). The first-order chi connectivity index (χ1) is 12.2. The monoisotopic (exact) mass is 331 g/mol. The van der Waals surface area contributed by atoms with Crippen molar-refractivity contribution in [1.82, 2.24) is 4.90 Å². The van der Waals surface area contributed by atoms with Crippen molar-refractivity contribution in [1.29, 1.82) is 0 Å². The smallest absolute Gasteiger partial charge is 0.119 e. The van der Waals surface area contributed by atoms with E-state index in [1.807, 2.05) is 0 Å². The van der Waals surface area contributed by atoms with Gasteiger partial charge in [-0.3, -0.25) is 0 Å². The molecule has 2 aromatic carbocycles. The van der Waals surface area contributed by atoms with Gasteiger partial charge in [0.25, 0.3) is 0 Å². The quantitative estimate of drug-likeness (QED) is 0.843. The van der Waals surface area contributed by atoms with Crippen molar-refractivity contribution in [2.24, 2.45) is 5.92 Å². The largest absolute Gasteiger partial charge is 0.380 e. The summed E-state index contributed by atoms with van der Waals surface area (Å²) >= 11 is 0. The summed E-state index contributed by atoms with van der Waals surface area (Å²) in [4.78, 5) is 2.55. The van der Waals surface area contributed by atoms with E-state index in [1.54, 1.807) is 0 Å². The minimum absolute atomic E-state index is 0.267. The van der Waals surface area contributed by atoms with E-state index in [4.69, 9.17) is 0 Å². The molecule has 2 bridgehead atoms. The normalized spacial score (nSPS) is 29.8. The summed E-state index contributed by atoms with van der Waals surface area (Å²) in [5.74, 6) is 0.267. The van der Waals surface area contributed by atoms with Gasteiger partial charge >= 0.3 is 0 Å². The third-order valence-electron chi connectivity index (χ3n) is 6.87. The molecular formula is C23H25NO. The molecule has 1 aliphatic carbocycles. The summed E-state index contributed by atoms with van der Waals surface area (Å²) in [5.41, 5.74) is 3.54. The van der Waals surface area contributed by atoms with Gasteiger partial charge < -0.3 is 10.0 Å². The maximum absolute atomic E-state index is 12.3. The van der Waals surface area contributed by atoms with Crippen molar-refractivity contribution in [3.05, 3.63) is 70.8 Å². The van der Waals surface area contributed by atoms with Crippen LogP contribution in [0.1, 0.15) is 47.9 Å². The molecule has 128 valence electrons. The summed E-state index contributed by atoms with van der Waals surface area (Å²) in [7, 11) is 2.26. The van der Waals surface area contributed by atoms with E-state index in [1.165, 1.54) is 12.8 Å². The molecule has 3 atom stereocenters. The maximum Gasteiger partial charge on any atom is 0.119 e. The lowest BCUT2D eigenvalue weighted by atomic mass is 9.69. The first-order valence-electron chi connectivity index (χ1n) is 9.49. The molecular weight excluding hydrogens is 306 g/mol. The average Bonchev–Trinajstić information content (AvgIpc) is 2.83. The van der Waals surface area contributed by atoms with Gasteiger partial charge in [0.15, 0.2) is 0 Å². The van der Waals surface area contributed by atoms with Gasteiger partial charge in [-0.1, -0.05) is 60.7 Å². The number of hydrogen-bond donors (Lipinski definition) is 1. The van der Waals surface area contributed by atoms with Crippen LogP contribution in [-0.4, -0.2) is 29.1 Å². The Balaban J connectivity index is 1.70. The number of piperidine rings is 1. The fourth-order valence-electron chi connectivity index (χ4n) is 5.50. The predicted octanol–water partition coefficient (Wildman–Crippen LogP) is 4.28. The van der Waals surface area contributed by atoms with E-state index < -0.39 is 5.60 Å². The molecule has 0 radical (unpaired) electrons. The van der Waals surface area contributed by atoms with Crippen molar-refractivity contribution < 1.29 is 5.11 Å². The summed E-state index contributed by atoms with van der Waals surface area (Å²) < 4.78 is 0. The first-order valence-corrected chi connectivity index (χ1v) is 9.49. The van der Waals surface area contributed by atoms with Crippen molar-refractivity contribution >= 4 is 12.2 Å². The Morgan fingerprint density at radius 2 is 1.32 bits per heavy atom. The molecule has 3 aliphatic rings. The third kappa shape index (κ3) is 2.17. The Bertz CT molecular complexity index is 776. The van der Waals surface area contributed by atoms with Crippen LogP contribution in [0.2, 0.25) is 0 Å². The first kappa shape index (κ1) is 15.4. The standard InChI is InChI=1S/C23H25NO/c1-24-19-12-13-20(24)15-18(14-19)23(25)21-8-4-2-6-16(21)10-11-17-7-3-5-9-22(17)23/h2-11,18-20,25H,12-15H2,1H3/t18?,19-,20+. The molecule has 2 fully saturated rings. The van der Waals surface area contributed by atoms with Crippen LogP contribution in [-0.2, 0) is 5.60 Å². The topological polar surface area (TPSA) is 23.5 Å². The molecule has 1 N–H and O–H groups in total. The molecule has 0 amide bonds.